The molecule has 0 bridgehead atoms. The Morgan fingerprint density at radius 1 is 1.54 bits per heavy atom. The largest absolute Gasteiger partial charge is 0.447 e. The molecule has 0 saturated carbocycles. The second-order valence-electron chi connectivity index (χ2n) is 2.40. The first-order valence-corrected chi connectivity index (χ1v) is 4.19. The topological polar surface area (TPSA) is 82.4 Å². The van der Waals surface area contributed by atoms with Crippen molar-refractivity contribution in [3.8, 4) is 6.07 Å². The third kappa shape index (κ3) is 8.63. The van der Waals surface area contributed by atoms with E-state index in [2.05, 4.69) is 10.1 Å². The fourth-order valence-electron chi connectivity index (χ4n) is 0.709. The highest BCUT2D eigenvalue weighted by Gasteiger charge is 1.98. The maximum Gasteiger partial charge on any atom is 0.407 e. The minimum atomic E-state index is -0.522. The van der Waals surface area contributed by atoms with E-state index in [0.717, 1.165) is 12.8 Å². The molecule has 1 amide bonds. The van der Waals surface area contributed by atoms with Gasteiger partial charge >= 0.3 is 6.09 Å². The summed E-state index contributed by atoms with van der Waals surface area (Å²) in [6.07, 6.45) is 1.53. The number of carbonyl (C=O) groups is 1. The van der Waals surface area contributed by atoms with Crippen LogP contribution in [0, 0.1) is 11.3 Å². The molecule has 0 rings (SSSR count). The van der Waals surface area contributed by atoms with Gasteiger partial charge in [0.25, 0.3) is 0 Å². The molecule has 0 aromatic rings. The highest BCUT2D eigenvalue weighted by molar-refractivity contribution is 5.66. The van der Waals surface area contributed by atoms with Crippen molar-refractivity contribution in [1.29, 1.82) is 5.26 Å². The van der Waals surface area contributed by atoms with Gasteiger partial charge in [0.05, 0.1) is 12.7 Å². The van der Waals surface area contributed by atoms with Gasteiger partial charge in [-0.05, 0) is 12.8 Å². The molecule has 0 aliphatic heterocycles. The Morgan fingerprint density at radius 3 is 2.92 bits per heavy atom. The van der Waals surface area contributed by atoms with Crippen LogP contribution in [-0.2, 0) is 4.74 Å². The molecule has 13 heavy (non-hydrogen) atoms. The van der Waals surface area contributed by atoms with Gasteiger partial charge in [-0.3, -0.25) is 0 Å². The average Bonchev–Trinajstić information content (AvgIpc) is 2.14. The van der Waals surface area contributed by atoms with Crippen LogP contribution < -0.4 is 5.32 Å². The molecule has 0 aromatic heterocycles. The van der Waals surface area contributed by atoms with E-state index in [1.165, 1.54) is 0 Å². The molecule has 74 valence electrons. The summed E-state index contributed by atoms with van der Waals surface area (Å²) in [7, 11) is 0. The number of nitrogens with one attached hydrogen (secondary N) is 1. The van der Waals surface area contributed by atoms with Gasteiger partial charge in [0.1, 0.15) is 6.61 Å². The summed E-state index contributed by atoms with van der Waals surface area (Å²) in [5, 5.41) is 19.0. The molecule has 0 spiro atoms. The molecule has 0 radical (unpaired) electrons. The molecule has 0 saturated heterocycles. The summed E-state index contributed by atoms with van der Waals surface area (Å²) in [5.41, 5.74) is 0. The van der Waals surface area contributed by atoms with E-state index in [-0.39, 0.29) is 13.2 Å². The van der Waals surface area contributed by atoms with E-state index in [1.807, 2.05) is 6.07 Å². The van der Waals surface area contributed by atoms with Crippen molar-refractivity contribution in [2.45, 2.75) is 19.3 Å². The van der Waals surface area contributed by atoms with Crippen LogP contribution in [0.25, 0.3) is 0 Å². The third-order valence-corrected chi connectivity index (χ3v) is 1.31. The SMILES string of the molecule is N#CCCCCNC(=O)OCCO. The molecular weight excluding hydrogens is 172 g/mol. The smallest absolute Gasteiger partial charge is 0.407 e. The van der Waals surface area contributed by atoms with Crippen LogP contribution in [0.1, 0.15) is 19.3 Å². The number of hydrogen-bond acceptors (Lipinski definition) is 4. The second kappa shape index (κ2) is 8.81. The third-order valence-electron chi connectivity index (χ3n) is 1.31. The minimum absolute atomic E-state index is 0.0179. The zero-order chi connectivity index (χ0) is 9.94. The summed E-state index contributed by atoms with van der Waals surface area (Å²) in [4.78, 5) is 10.7. The van der Waals surface area contributed by atoms with Gasteiger partial charge < -0.3 is 15.2 Å². The van der Waals surface area contributed by atoms with Crippen LogP contribution in [0.3, 0.4) is 0 Å². The van der Waals surface area contributed by atoms with Crippen molar-refractivity contribution < 1.29 is 14.6 Å². The molecule has 2 N–H and O–H groups in total. The number of amides is 1. The number of rotatable bonds is 6. The number of aliphatic hydroxyl groups is 1. The quantitative estimate of drug-likeness (QED) is 0.588. The predicted molar refractivity (Wildman–Crippen MR) is 45.9 cm³/mol. The van der Waals surface area contributed by atoms with Crippen molar-refractivity contribution in [2.75, 3.05) is 19.8 Å². The summed E-state index contributed by atoms with van der Waals surface area (Å²) in [6.45, 7) is 0.359. The molecular formula is C8H14N2O3. The van der Waals surface area contributed by atoms with E-state index in [1.54, 1.807) is 0 Å². The van der Waals surface area contributed by atoms with Crippen molar-refractivity contribution in [2.24, 2.45) is 0 Å². The fraction of sp³-hybridized carbons (Fsp3) is 0.750. The zero-order valence-corrected chi connectivity index (χ0v) is 7.45. The molecule has 0 heterocycles. The maximum atomic E-state index is 10.7. The van der Waals surface area contributed by atoms with E-state index in [9.17, 15) is 4.79 Å². The van der Waals surface area contributed by atoms with Gasteiger partial charge in [0, 0.05) is 13.0 Å². The lowest BCUT2D eigenvalue weighted by atomic mass is 10.2. The van der Waals surface area contributed by atoms with Crippen LogP contribution in [0.5, 0.6) is 0 Å². The van der Waals surface area contributed by atoms with Gasteiger partial charge in [-0.1, -0.05) is 0 Å². The summed E-state index contributed by atoms with van der Waals surface area (Å²) < 4.78 is 4.53. The van der Waals surface area contributed by atoms with Crippen molar-refractivity contribution in [3.63, 3.8) is 0 Å². The zero-order valence-electron chi connectivity index (χ0n) is 7.45. The first-order chi connectivity index (χ1) is 6.31. The Labute approximate surface area is 77.3 Å². The molecule has 5 nitrogen and oxygen atoms in total. The van der Waals surface area contributed by atoms with Gasteiger partial charge in [-0.15, -0.1) is 0 Å². The number of ether oxygens (including phenoxy) is 1. The lowest BCUT2D eigenvalue weighted by molar-refractivity contribution is 0.119. The lowest BCUT2D eigenvalue weighted by Gasteiger charge is -2.04. The molecule has 0 atom stereocenters. The number of aliphatic hydroxyl groups excluding tert-OH is 1. The molecule has 0 unspecified atom stereocenters. The fourth-order valence-corrected chi connectivity index (χ4v) is 0.709. The van der Waals surface area contributed by atoms with Crippen LogP contribution in [0.4, 0.5) is 4.79 Å². The van der Waals surface area contributed by atoms with Crippen LogP contribution in [-0.4, -0.2) is 31.0 Å². The van der Waals surface area contributed by atoms with Gasteiger partial charge in [0.2, 0.25) is 0 Å². The predicted octanol–water partition coefficient (Wildman–Crippen LogP) is 0.399. The molecule has 0 aromatic carbocycles. The number of unbranched alkanes of at least 4 members (excludes halogenated alkanes) is 2. The minimum Gasteiger partial charge on any atom is -0.447 e. The van der Waals surface area contributed by atoms with Crippen molar-refractivity contribution in [1.82, 2.24) is 5.32 Å². The maximum absolute atomic E-state index is 10.7. The molecule has 5 heteroatoms. The van der Waals surface area contributed by atoms with E-state index < -0.39 is 6.09 Å². The summed E-state index contributed by atoms with van der Waals surface area (Å²) in [5.74, 6) is 0. The van der Waals surface area contributed by atoms with Gasteiger partial charge in [0.15, 0.2) is 0 Å². The highest BCUT2D eigenvalue weighted by atomic mass is 16.6. The first-order valence-electron chi connectivity index (χ1n) is 4.19. The number of nitrogens with zero attached hydrogens (tertiary/aromatic N) is 1. The Kier molecular flexibility index (Phi) is 7.95. The van der Waals surface area contributed by atoms with Crippen LogP contribution in [0.2, 0.25) is 0 Å². The van der Waals surface area contributed by atoms with Crippen LogP contribution in [0.15, 0.2) is 0 Å². The van der Waals surface area contributed by atoms with Gasteiger partial charge in [-0.25, -0.2) is 4.79 Å². The number of carbonyl (C=O) groups excluding carboxylic acids is 1. The number of alkyl carbamates (subject to hydrolysis) is 1. The molecule has 0 aliphatic carbocycles. The highest BCUT2D eigenvalue weighted by Crippen LogP contribution is 1.91. The van der Waals surface area contributed by atoms with E-state index in [4.69, 9.17) is 10.4 Å². The Hall–Kier alpha value is -1.28. The van der Waals surface area contributed by atoms with Crippen molar-refractivity contribution >= 4 is 6.09 Å². The Balaban J connectivity index is 3.13. The molecule has 0 fully saturated rings. The molecule has 0 aliphatic rings. The number of nitriles is 1. The average molecular weight is 186 g/mol. The summed E-state index contributed by atoms with van der Waals surface area (Å²) in [6, 6.07) is 2.01. The van der Waals surface area contributed by atoms with Crippen LogP contribution >= 0.6 is 0 Å². The summed E-state index contributed by atoms with van der Waals surface area (Å²) >= 11 is 0. The second-order valence-corrected chi connectivity index (χ2v) is 2.40. The van der Waals surface area contributed by atoms with E-state index >= 15 is 0 Å². The number of hydrogen-bond donors (Lipinski definition) is 2. The monoisotopic (exact) mass is 186 g/mol. The Morgan fingerprint density at radius 2 is 2.31 bits per heavy atom. The normalized spacial score (nSPS) is 8.92. The first kappa shape index (κ1) is 11.7. The standard InChI is InChI=1S/C8H14N2O3/c9-4-2-1-3-5-10-8(12)13-7-6-11/h11H,1-3,5-7H2,(H,10,12). The Bertz CT molecular complexity index is 177. The van der Waals surface area contributed by atoms with E-state index in [0.29, 0.717) is 13.0 Å². The van der Waals surface area contributed by atoms with Gasteiger partial charge in [-0.2, -0.15) is 5.26 Å². The lowest BCUT2D eigenvalue weighted by Crippen LogP contribution is -2.26. The van der Waals surface area contributed by atoms with Crippen molar-refractivity contribution in [3.05, 3.63) is 0 Å².